The van der Waals surface area contributed by atoms with E-state index in [2.05, 4.69) is 11.6 Å². The van der Waals surface area contributed by atoms with E-state index in [-0.39, 0.29) is 17.9 Å². The van der Waals surface area contributed by atoms with Crippen LogP contribution in [-0.2, 0) is 13.1 Å². The number of rotatable bonds is 5. The van der Waals surface area contributed by atoms with Crippen LogP contribution in [0.2, 0.25) is 0 Å². The van der Waals surface area contributed by atoms with Crippen molar-refractivity contribution in [1.29, 1.82) is 0 Å². The van der Waals surface area contributed by atoms with Crippen molar-refractivity contribution in [3.05, 3.63) is 68.2 Å². The van der Waals surface area contributed by atoms with Gasteiger partial charge in [0.25, 0.3) is 5.56 Å². The Kier molecular flexibility index (Phi) is 4.78. The predicted molar refractivity (Wildman–Crippen MR) is 103 cm³/mol. The van der Waals surface area contributed by atoms with Crippen LogP contribution < -0.4 is 5.56 Å². The molecule has 0 fully saturated rings. The Bertz CT molecular complexity index is 1110. The first-order valence-corrected chi connectivity index (χ1v) is 8.95. The Morgan fingerprint density at radius 3 is 2.80 bits per heavy atom. The second-order valence-electron chi connectivity index (χ2n) is 5.82. The monoisotopic (exact) mass is 371 g/mol. The predicted octanol–water partition coefficient (Wildman–Crippen LogP) is 3.67. The maximum atomic E-state index is 12.7. The number of aromatic nitrogens is 3. The summed E-state index contributed by atoms with van der Waals surface area (Å²) in [4.78, 5) is 29.5. The standard InChI is InChI=1S/C18H17N3O2S2/c1-4-7-21-16-15(25-18(21)24)17(23)20(10-19-16)9-14(22)13-6-5-11(2)12(3)8-13/h4-6,8,10H,1,7,9H2,2-3H3. The van der Waals surface area contributed by atoms with E-state index >= 15 is 0 Å². The van der Waals surface area contributed by atoms with Crippen molar-refractivity contribution in [2.45, 2.75) is 26.9 Å². The number of hydrogen-bond donors (Lipinski definition) is 0. The van der Waals surface area contributed by atoms with E-state index in [0.717, 1.165) is 11.1 Å². The van der Waals surface area contributed by atoms with Gasteiger partial charge in [0.05, 0.1) is 6.54 Å². The van der Waals surface area contributed by atoms with Crippen molar-refractivity contribution in [3.8, 4) is 0 Å². The van der Waals surface area contributed by atoms with Crippen LogP contribution in [0.3, 0.4) is 0 Å². The van der Waals surface area contributed by atoms with E-state index < -0.39 is 0 Å². The summed E-state index contributed by atoms with van der Waals surface area (Å²) in [6.07, 6.45) is 3.11. The summed E-state index contributed by atoms with van der Waals surface area (Å²) in [5.74, 6) is -0.125. The van der Waals surface area contributed by atoms with Crippen LogP contribution >= 0.6 is 23.6 Å². The number of fused-ring (bicyclic) bond motifs is 1. The van der Waals surface area contributed by atoms with E-state index in [1.165, 1.54) is 22.2 Å². The molecule has 5 nitrogen and oxygen atoms in total. The molecule has 3 aromatic rings. The number of carbonyl (C=O) groups is 1. The number of allylic oxidation sites excluding steroid dienone is 1. The average Bonchev–Trinajstić information content (AvgIpc) is 2.90. The minimum atomic E-state index is -0.249. The van der Waals surface area contributed by atoms with Gasteiger partial charge >= 0.3 is 0 Å². The van der Waals surface area contributed by atoms with Gasteiger partial charge in [0.1, 0.15) is 11.0 Å². The Labute approximate surface area is 153 Å². The lowest BCUT2D eigenvalue weighted by atomic mass is 10.0. The maximum absolute atomic E-state index is 12.7. The highest BCUT2D eigenvalue weighted by atomic mass is 32.1. The Morgan fingerprint density at radius 1 is 1.36 bits per heavy atom. The molecule has 0 aliphatic carbocycles. The highest BCUT2D eigenvalue weighted by Gasteiger charge is 2.14. The molecule has 0 unspecified atom stereocenters. The number of carbonyl (C=O) groups excluding carboxylic acids is 1. The van der Waals surface area contributed by atoms with Crippen molar-refractivity contribution in [2.75, 3.05) is 0 Å². The van der Waals surface area contributed by atoms with Gasteiger partial charge in [0.15, 0.2) is 15.4 Å². The molecule has 0 amide bonds. The minimum absolute atomic E-state index is 0.0452. The van der Waals surface area contributed by atoms with Crippen molar-refractivity contribution in [3.63, 3.8) is 0 Å². The van der Waals surface area contributed by atoms with Gasteiger partial charge < -0.3 is 4.57 Å². The van der Waals surface area contributed by atoms with Crippen molar-refractivity contribution in [1.82, 2.24) is 14.1 Å². The molecule has 128 valence electrons. The molecule has 0 spiro atoms. The lowest BCUT2D eigenvalue weighted by molar-refractivity contribution is 0.0970. The first-order valence-electron chi connectivity index (χ1n) is 7.72. The normalized spacial score (nSPS) is 11.0. The van der Waals surface area contributed by atoms with Gasteiger partial charge in [-0.25, -0.2) is 4.98 Å². The molecule has 0 saturated heterocycles. The SMILES string of the molecule is C=CCn1c(=S)sc2c(=O)n(CC(=O)c3ccc(C)c(C)c3)cnc21. The summed E-state index contributed by atoms with van der Waals surface area (Å²) in [6.45, 7) is 8.10. The zero-order chi connectivity index (χ0) is 18.1. The van der Waals surface area contributed by atoms with Gasteiger partial charge in [-0.05, 0) is 43.3 Å². The van der Waals surface area contributed by atoms with E-state index in [9.17, 15) is 9.59 Å². The van der Waals surface area contributed by atoms with Crippen LogP contribution in [0.5, 0.6) is 0 Å². The molecule has 0 aliphatic heterocycles. The zero-order valence-electron chi connectivity index (χ0n) is 14.0. The van der Waals surface area contributed by atoms with Crippen LogP contribution in [0.25, 0.3) is 10.3 Å². The highest BCUT2D eigenvalue weighted by Crippen LogP contribution is 2.18. The Morgan fingerprint density at radius 2 is 2.12 bits per heavy atom. The third-order valence-corrected chi connectivity index (χ3v) is 5.52. The molecule has 3 rings (SSSR count). The van der Waals surface area contributed by atoms with Gasteiger partial charge in [0, 0.05) is 12.1 Å². The average molecular weight is 371 g/mol. The molecule has 0 atom stereocenters. The van der Waals surface area contributed by atoms with Gasteiger partial charge in [-0.2, -0.15) is 0 Å². The fourth-order valence-corrected chi connectivity index (χ4v) is 3.85. The largest absolute Gasteiger partial charge is 0.304 e. The number of benzene rings is 1. The minimum Gasteiger partial charge on any atom is -0.304 e. The lowest BCUT2D eigenvalue weighted by Gasteiger charge is -2.07. The maximum Gasteiger partial charge on any atom is 0.273 e. The van der Waals surface area contributed by atoms with Crippen molar-refractivity contribution in [2.24, 2.45) is 0 Å². The molecule has 7 heteroatoms. The second-order valence-corrected chi connectivity index (χ2v) is 7.46. The van der Waals surface area contributed by atoms with Gasteiger partial charge in [0.2, 0.25) is 0 Å². The number of nitrogens with zero attached hydrogens (tertiary/aromatic N) is 3. The molecular weight excluding hydrogens is 354 g/mol. The molecule has 25 heavy (non-hydrogen) atoms. The summed E-state index contributed by atoms with van der Waals surface area (Å²) < 4.78 is 4.13. The molecule has 0 N–H and O–H groups in total. The molecule has 0 bridgehead atoms. The molecule has 0 aliphatic rings. The Balaban J connectivity index is 1.99. The molecule has 0 saturated carbocycles. The lowest BCUT2D eigenvalue weighted by Crippen LogP contribution is -2.24. The van der Waals surface area contributed by atoms with Gasteiger partial charge in [-0.15, -0.1) is 6.58 Å². The number of ketones is 1. The Hall–Kier alpha value is -2.38. The van der Waals surface area contributed by atoms with E-state index in [1.807, 2.05) is 26.0 Å². The fourth-order valence-electron chi connectivity index (χ4n) is 2.54. The van der Waals surface area contributed by atoms with Gasteiger partial charge in [-0.3, -0.25) is 14.2 Å². The van der Waals surface area contributed by atoms with Crippen LogP contribution in [0.15, 0.2) is 42.0 Å². The molecule has 0 radical (unpaired) electrons. The summed E-state index contributed by atoms with van der Waals surface area (Å²) in [6, 6.07) is 5.54. The molecule has 1 aromatic carbocycles. The van der Waals surface area contributed by atoms with Crippen LogP contribution in [0, 0.1) is 17.8 Å². The first kappa shape index (κ1) is 17.4. The third-order valence-electron chi connectivity index (χ3n) is 4.10. The molecular formula is C18H17N3O2S2. The number of aryl methyl sites for hydroxylation is 2. The summed E-state index contributed by atoms with van der Waals surface area (Å²) >= 11 is 6.50. The number of thiazole rings is 1. The second kappa shape index (κ2) is 6.85. The summed E-state index contributed by atoms with van der Waals surface area (Å²) in [5.41, 5.74) is 3.05. The van der Waals surface area contributed by atoms with E-state index in [1.54, 1.807) is 16.7 Å². The summed E-state index contributed by atoms with van der Waals surface area (Å²) in [5, 5.41) is 0. The number of hydrogen-bond acceptors (Lipinski definition) is 5. The third kappa shape index (κ3) is 3.25. The van der Waals surface area contributed by atoms with Crippen LogP contribution in [0.1, 0.15) is 21.5 Å². The quantitative estimate of drug-likeness (QED) is 0.390. The topological polar surface area (TPSA) is 56.9 Å². The molecule has 2 aromatic heterocycles. The van der Waals surface area contributed by atoms with E-state index in [4.69, 9.17) is 12.2 Å². The van der Waals surface area contributed by atoms with Crippen molar-refractivity contribution >= 4 is 39.7 Å². The zero-order valence-corrected chi connectivity index (χ0v) is 15.6. The smallest absolute Gasteiger partial charge is 0.273 e. The summed E-state index contributed by atoms with van der Waals surface area (Å²) in [7, 11) is 0. The van der Waals surface area contributed by atoms with Crippen molar-refractivity contribution < 1.29 is 4.79 Å². The first-order chi connectivity index (χ1) is 11.9. The van der Waals surface area contributed by atoms with Crippen LogP contribution in [-0.4, -0.2) is 19.9 Å². The fraction of sp³-hybridized carbons (Fsp3) is 0.222. The molecule has 2 heterocycles. The highest BCUT2D eigenvalue weighted by molar-refractivity contribution is 7.73. The van der Waals surface area contributed by atoms with Crippen LogP contribution in [0.4, 0.5) is 0 Å². The van der Waals surface area contributed by atoms with E-state index in [0.29, 0.717) is 26.4 Å². The van der Waals surface area contributed by atoms with Gasteiger partial charge in [-0.1, -0.05) is 29.5 Å². The number of Topliss-reactive ketones (excluding diaryl/α,β-unsaturated/α-hetero) is 1.